The fourth-order valence-electron chi connectivity index (χ4n) is 3.66. The molecule has 1 fully saturated rings. The van der Waals surface area contributed by atoms with Gasteiger partial charge in [-0.3, -0.25) is 14.4 Å². The molecule has 2 aromatic rings. The molecule has 29 heavy (non-hydrogen) atoms. The smallest absolute Gasteiger partial charge is 0.303 e. The number of carbonyl (C=O) groups excluding carboxylic acids is 2. The van der Waals surface area contributed by atoms with E-state index >= 15 is 0 Å². The normalized spacial score (nSPS) is 18.8. The summed E-state index contributed by atoms with van der Waals surface area (Å²) in [5.74, 6) is -0.851. The summed E-state index contributed by atoms with van der Waals surface area (Å²) in [5, 5.41) is 8.98. The van der Waals surface area contributed by atoms with Gasteiger partial charge in [0.2, 0.25) is 11.8 Å². The van der Waals surface area contributed by atoms with Gasteiger partial charge in [0.1, 0.15) is 18.0 Å². The molecule has 0 aromatic heterocycles. The van der Waals surface area contributed by atoms with Crippen LogP contribution in [-0.4, -0.2) is 52.9 Å². The summed E-state index contributed by atoms with van der Waals surface area (Å²) >= 11 is 0. The molecule has 0 bridgehead atoms. The van der Waals surface area contributed by atoms with E-state index < -0.39 is 18.2 Å². The van der Waals surface area contributed by atoms with Crippen LogP contribution in [0.1, 0.15) is 30.1 Å². The summed E-state index contributed by atoms with van der Waals surface area (Å²) in [6.07, 6.45) is -0.647. The number of nitrogens with zero attached hydrogens (tertiary/aromatic N) is 2. The number of rotatable bonds is 7. The van der Waals surface area contributed by atoms with E-state index in [1.165, 1.54) is 4.90 Å². The number of hydrogen-bond donors (Lipinski definition) is 1. The van der Waals surface area contributed by atoms with Gasteiger partial charge in [-0.15, -0.1) is 0 Å². The fraction of sp³-hybridized carbons (Fsp3) is 0.318. The van der Waals surface area contributed by atoms with E-state index in [1.807, 2.05) is 54.6 Å². The van der Waals surface area contributed by atoms with Crippen LogP contribution in [0.2, 0.25) is 0 Å². The van der Waals surface area contributed by atoms with Crippen molar-refractivity contribution in [1.29, 1.82) is 0 Å². The Kier molecular flexibility index (Phi) is 6.16. The van der Waals surface area contributed by atoms with Crippen molar-refractivity contribution in [1.82, 2.24) is 9.80 Å². The van der Waals surface area contributed by atoms with Crippen molar-refractivity contribution in [2.45, 2.75) is 31.5 Å². The maximum absolute atomic E-state index is 13.1. The quantitative estimate of drug-likeness (QED) is 0.777. The van der Waals surface area contributed by atoms with Crippen LogP contribution in [0.25, 0.3) is 0 Å². The van der Waals surface area contributed by atoms with Gasteiger partial charge in [0.25, 0.3) is 0 Å². The number of carboxylic acid groups (broad SMARTS) is 1. The predicted molar refractivity (Wildman–Crippen MR) is 106 cm³/mol. The lowest BCUT2D eigenvalue weighted by molar-refractivity contribution is -0.142. The van der Waals surface area contributed by atoms with E-state index in [0.29, 0.717) is 12.2 Å². The van der Waals surface area contributed by atoms with E-state index in [-0.39, 0.29) is 24.7 Å². The van der Waals surface area contributed by atoms with Gasteiger partial charge in [0.05, 0.1) is 13.5 Å². The highest BCUT2D eigenvalue weighted by Crippen LogP contribution is 2.35. The largest absolute Gasteiger partial charge is 0.497 e. The molecule has 2 atom stereocenters. The fourth-order valence-corrected chi connectivity index (χ4v) is 3.66. The van der Waals surface area contributed by atoms with Crippen molar-refractivity contribution in [3.63, 3.8) is 0 Å². The van der Waals surface area contributed by atoms with E-state index in [0.717, 1.165) is 11.1 Å². The molecule has 2 amide bonds. The average molecular weight is 396 g/mol. The van der Waals surface area contributed by atoms with Crippen molar-refractivity contribution < 1.29 is 24.2 Å². The van der Waals surface area contributed by atoms with Gasteiger partial charge in [0, 0.05) is 19.9 Å². The van der Waals surface area contributed by atoms with Gasteiger partial charge >= 0.3 is 5.97 Å². The van der Waals surface area contributed by atoms with Crippen LogP contribution in [0.5, 0.6) is 5.75 Å². The number of methoxy groups -OCH3 is 1. The number of aliphatic carboxylic acids is 1. The van der Waals surface area contributed by atoms with E-state index in [2.05, 4.69) is 0 Å². The molecule has 0 saturated carbocycles. The summed E-state index contributed by atoms with van der Waals surface area (Å²) in [6, 6.07) is 15.9. The van der Waals surface area contributed by atoms with Crippen LogP contribution in [0.15, 0.2) is 54.6 Å². The topological polar surface area (TPSA) is 87.2 Å². The molecule has 1 saturated heterocycles. The third-order valence-corrected chi connectivity index (χ3v) is 5.13. The summed E-state index contributed by atoms with van der Waals surface area (Å²) in [4.78, 5) is 40.1. The van der Waals surface area contributed by atoms with Gasteiger partial charge in [-0.25, -0.2) is 0 Å². The Morgan fingerprint density at radius 2 is 1.69 bits per heavy atom. The molecule has 7 nitrogen and oxygen atoms in total. The minimum Gasteiger partial charge on any atom is -0.497 e. The van der Waals surface area contributed by atoms with Crippen LogP contribution in [0.3, 0.4) is 0 Å². The van der Waals surface area contributed by atoms with Crippen LogP contribution in [0, 0.1) is 0 Å². The van der Waals surface area contributed by atoms with Crippen molar-refractivity contribution >= 4 is 17.8 Å². The number of amides is 2. The molecule has 0 aliphatic carbocycles. The SMILES string of the molecule is COc1ccc(CC2C(=O)N(C)C(c3ccccc3)N2C(=O)CCC(=O)O)cc1. The molecular formula is C22H24N2O5. The standard InChI is InChI=1S/C22H24N2O5/c1-23-21(16-6-4-3-5-7-16)24(19(25)12-13-20(26)27)18(22(23)28)14-15-8-10-17(29-2)11-9-15/h3-11,18,21H,12-14H2,1-2H3,(H,26,27). The monoisotopic (exact) mass is 396 g/mol. The number of hydrogen-bond acceptors (Lipinski definition) is 4. The highest BCUT2D eigenvalue weighted by atomic mass is 16.5. The lowest BCUT2D eigenvalue weighted by Crippen LogP contribution is -2.41. The molecule has 2 aromatic carbocycles. The Morgan fingerprint density at radius 3 is 2.28 bits per heavy atom. The zero-order chi connectivity index (χ0) is 21.0. The average Bonchev–Trinajstić information content (AvgIpc) is 2.98. The maximum Gasteiger partial charge on any atom is 0.303 e. The summed E-state index contributed by atoms with van der Waals surface area (Å²) in [6.45, 7) is 0. The second-order valence-electron chi connectivity index (χ2n) is 7.00. The van der Waals surface area contributed by atoms with Crippen molar-refractivity contribution in [2.24, 2.45) is 0 Å². The minimum atomic E-state index is -1.04. The van der Waals surface area contributed by atoms with Crippen LogP contribution in [0.4, 0.5) is 0 Å². The van der Waals surface area contributed by atoms with Crippen molar-refractivity contribution in [3.8, 4) is 5.75 Å². The zero-order valence-corrected chi connectivity index (χ0v) is 16.4. The Bertz CT molecular complexity index is 882. The van der Waals surface area contributed by atoms with Gasteiger partial charge in [-0.1, -0.05) is 42.5 Å². The molecule has 1 heterocycles. The number of ether oxygens (including phenoxy) is 1. The van der Waals surface area contributed by atoms with E-state index in [4.69, 9.17) is 9.84 Å². The van der Waals surface area contributed by atoms with Gasteiger partial charge in [-0.2, -0.15) is 0 Å². The summed E-state index contributed by atoms with van der Waals surface area (Å²) in [7, 11) is 3.25. The first-order chi connectivity index (χ1) is 13.9. The molecule has 1 aliphatic heterocycles. The summed E-state index contributed by atoms with van der Waals surface area (Å²) in [5.41, 5.74) is 1.70. The second-order valence-corrected chi connectivity index (χ2v) is 7.00. The van der Waals surface area contributed by atoms with Crippen molar-refractivity contribution in [3.05, 3.63) is 65.7 Å². The first kappa shape index (κ1) is 20.4. The van der Waals surface area contributed by atoms with E-state index in [9.17, 15) is 14.4 Å². The molecule has 0 spiro atoms. The number of likely N-dealkylation sites (N-methyl/N-ethyl adjacent to an activating group) is 1. The number of carboxylic acids is 1. The first-order valence-corrected chi connectivity index (χ1v) is 9.40. The van der Waals surface area contributed by atoms with Gasteiger partial charge in [0.15, 0.2) is 0 Å². The Balaban J connectivity index is 1.93. The molecule has 0 radical (unpaired) electrons. The van der Waals surface area contributed by atoms with Gasteiger partial charge < -0.3 is 19.6 Å². The van der Waals surface area contributed by atoms with Crippen LogP contribution in [-0.2, 0) is 20.8 Å². The highest BCUT2D eigenvalue weighted by Gasteiger charge is 2.47. The summed E-state index contributed by atoms with van der Waals surface area (Å²) < 4.78 is 5.17. The third-order valence-electron chi connectivity index (χ3n) is 5.13. The minimum absolute atomic E-state index is 0.154. The Hall–Kier alpha value is -3.35. The Morgan fingerprint density at radius 1 is 1.03 bits per heavy atom. The molecule has 1 N–H and O–H groups in total. The molecule has 7 heteroatoms. The first-order valence-electron chi connectivity index (χ1n) is 9.40. The molecule has 2 unspecified atom stereocenters. The maximum atomic E-state index is 13.1. The molecule has 1 aliphatic rings. The Labute approximate surface area is 169 Å². The molecule has 3 rings (SSSR count). The van der Waals surface area contributed by atoms with Crippen LogP contribution >= 0.6 is 0 Å². The number of benzene rings is 2. The highest BCUT2D eigenvalue weighted by molar-refractivity contribution is 5.92. The zero-order valence-electron chi connectivity index (χ0n) is 16.4. The van der Waals surface area contributed by atoms with Gasteiger partial charge in [-0.05, 0) is 23.3 Å². The van der Waals surface area contributed by atoms with E-state index in [1.54, 1.807) is 19.1 Å². The molecular weight excluding hydrogens is 372 g/mol. The number of carbonyl (C=O) groups is 3. The molecule has 152 valence electrons. The lowest BCUT2D eigenvalue weighted by atomic mass is 10.0. The third kappa shape index (κ3) is 4.39. The second kappa shape index (κ2) is 8.77. The van der Waals surface area contributed by atoms with Crippen molar-refractivity contribution in [2.75, 3.05) is 14.2 Å². The lowest BCUT2D eigenvalue weighted by Gasteiger charge is -2.30. The van der Waals surface area contributed by atoms with Crippen LogP contribution < -0.4 is 4.74 Å². The predicted octanol–water partition coefficient (Wildman–Crippen LogP) is 2.47.